The number of rotatable bonds is 8. The number of nitrogens with one attached hydrogen (secondary N) is 2. The number of alkyl halides is 3. The van der Waals surface area contributed by atoms with E-state index in [4.69, 9.17) is 4.74 Å². The van der Waals surface area contributed by atoms with E-state index in [9.17, 15) is 18.0 Å². The van der Waals surface area contributed by atoms with Crippen LogP contribution in [-0.2, 0) is 15.7 Å². The number of halogens is 3. The van der Waals surface area contributed by atoms with Gasteiger partial charge in [0.05, 0.1) is 29.6 Å². The van der Waals surface area contributed by atoms with Crippen LogP contribution in [0.25, 0.3) is 0 Å². The Kier molecular flexibility index (Phi) is 8.58. The molecule has 2 N–H and O–H groups in total. The van der Waals surface area contributed by atoms with Crippen molar-refractivity contribution in [1.82, 2.24) is 29.5 Å². The third-order valence-corrected chi connectivity index (χ3v) is 6.89. The quantitative estimate of drug-likeness (QED) is 0.489. The standard InChI is InChI=1S/C25H37F3N8O2/c1-17-21(14-36(33-17)18-6-10-34(4)11-7-18)31-23-30-12-20(25(26,27)28)22(32-23)29-8-5-9-35-13-19(37)15-38-24(2,3)16-35/h12,14,18H,5-11,13,15-16H2,1-4H3,(H2,29,30,31,32). The first-order valence-electron chi connectivity index (χ1n) is 13.0. The Morgan fingerprint density at radius 1 is 1.24 bits per heavy atom. The molecule has 2 aromatic heterocycles. The molecule has 2 aliphatic heterocycles. The lowest BCUT2D eigenvalue weighted by molar-refractivity contribution is -0.137. The number of likely N-dealkylation sites (tertiary alicyclic amines) is 1. The van der Waals surface area contributed by atoms with Gasteiger partial charge in [0, 0.05) is 32.0 Å². The molecule has 2 fully saturated rings. The highest BCUT2D eigenvalue weighted by Crippen LogP contribution is 2.34. The Hall–Kier alpha value is -2.77. The highest BCUT2D eigenvalue weighted by atomic mass is 19.4. The van der Waals surface area contributed by atoms with E-state index in [-0.39, 0.29) is 43.3 Å². The van der Waals surface area contributed by atoms with Gasteiger partial charge in [-0.2, -0.15) is 23.3 Å². The molecule has 0 radical (unpaired) electrons. The minimum absolute atomic E-state index is 0.0103. The number of hydrogen-bond donors (Lipinski definition) is 2. The van der Waals surface area contributed by atoms with Crippen molar-refractivity contribution < 1.29 is 22.7 Å². The van der Waals surface area contributed by atoms with Crippen molar-refractivity contribution in [3.05, 3.63) is 23.7 Å². The van der Waals surface area contributed by atoms with E-state index < -0.39 is 17.3 Å². The van der Waals surface area contributed by atoms with Crippen LogP contribution in [0.5, 0.6) is 0 Å². The number of piperidine rings is 1. The van der Waals surface area contributed by atoms with E-state index in [1.165, 1.54) is 0 Å². The predicted molar refractivity (Wildman–Crippen MR) is 138 cm³/mol. The second kappa shape index (κ2) is 11.5. The Bertz CT molecular complexity index is 1110. The molecule has 0 unspecified atom stereocenters. The third kappa shape index (κ3) is 7.41. The molecule has 2 aliphatic rings. The maximum absolute atomic E-state index is 13.7. The van der Waals surface area contributed by atoms with E-state index in [1.807, 2.05) is 36.5 Å². The molecule has 0 amide bonds. The van der Waals surface area contributed by atoms with Crippen molar-refractivity contribution >= 4 is 23.2 Å². The predicted octanol–water partition coefficient (Wildman–Crippen LogP) is 3.49. The molecule has 0 spiro atoms. The van der Waals surface area contributed by atoms with Crippen molar-refractivity contribution in [2.45, 2.75) is 57.9 Å². The van der Waals surface area contributed by atoms with E-state index in [0.717, 1.165) is 37.8 Å². The monoisotopic (exact) mass is 538 g/mol. The van der Waals surface area contributed by atoms with Crippen LogP contribution in [0.4, 0.5) is 30.6 Å². The molecule has 4 heterocycles. The first kappa shape index (κ1) is 28.2. The zero-order chi connectivity index (χ0) is 27.5. The molecule has 0 bridgehead atoms. The Balaban J connectivity index is 1.41. The summed E-state index contributed by atoms with van der Waals surface area (Å²) in [6, 6.07) is 0.280. The van der Waals surface area contributed by atoms with Gasteiger partial charge in [-0.15, -0.1) is 0 Å². The maximum atomic E-state index is 13.7. The average Bonchev–Trinajstić information content (AvgIpc) is 3.13. The average molecular weight is 539 g/mol. The summed E-state index contributed by atoms with van der Waals surface area (Å²) in [6.45, 7) is 9.36. The summed E-state index contributed by atoms with van der Waals surface area (Å²) in [7, 11) is 2.09. The smallest absolute Gasteiger partial charge is 0.369 e. The Labute approximate surface area is 220 Å². The Morgan fingerprint density at radius 2 is 1.97 bits per heavy atom. The molecule has 0 aliphatic carbocycles. The second-order valence-corrected chi connectivity index (χ2v) is 10.8. The summed E-state index contributed by atoms with van der Waals surface area (Å²) in [4.78, 5) is 24.3. The molecule has 4 rings (SSSR count). The normalized spacial score (nSPS) is 19.9. The highest BCUT2D eigenvalue weighted by molar-refractivity contribution is 5.82. The number of anilines is 3. The van der Waals surface area contributed by atoms with Crippen molar-refractivity contribution in [2.24, 2.45) is 0 Å². The van der Waals surface area contributed by atoms with E-state index >= 15 is 0 Å². The molecule has 2 saturated heterocycles. The lowest BCUT2D eigenvalue weighted by Gasteiger charge is -2.28. The summed E-state index contributed by atoms with van der Waals surface area (Å²) in [5, 5.41) is 10.5. The van der Waals surface area contributed by atoms with Crippen molar-refractivity contribution in [3.8, 4) is 0 Å². The van der Waals surface area contributed by atoms with Crippen LogP contribution in [-0.4, -0.2) is 93.9 Å². The van der Waals surface area contributed by atoms with Gasteiger partial charge >= 0.3 is 6.18 Å². The molecule has 2 aromatic rings. The van der Waals surface area contributed by atoms with Crippen LogP contribution < -0.4 is 10.6 Å². The van der Waals surface area contributed by atoms with E-state index in [2.05, 4.69) is 37.6 Å². The van der Waals surface area contributed by atoms with Gasteiger partial charge in [0.2, 0.25) is 5.95 Å². The van der Waals surface area contributed by atoms with Crippen LogP contribution in [0.15, 0.2) is 12.4 Å². The molecule has 0 atom stereocenters. The zero-order valence-electron chi connectivity index (χ0n) is 22.4. The molecular weight excluding hydrogens is 501 g/mol. The summed E-state index contributed by atoms with van der Waals surface area (Å²) in [5.41, 5.74) is -0.0114. The number of aromatic nitrogens is 4. The van der Waals surface area contributed by atoms with Crippen LogP contribution in [0.3, 0.4) is 0 Å². The Morgan fingerprint density at radius 3 is 2.68 bits per heavy atom. The van der Waals surface area contributed by atoms with Gasteiger partial charge in [0.1, 0.15) is 18.0 Å². The van der Waals surface area contributed by atoms with Crippen LogP contribution in [0.2, 0.25) is 0 Å². The fourth-order valence-electron chi connectivity index (χ4n) is 4.83. The zero-order valence-corrected chi connectivity index (χ0v) is 22.4. The number of carbonyl (C=O) groups excluding carboxylic acids is 1. The molecule has 13 heteroatoms. The van der Waals surface area contributed by atoms with Gasteiger partial charge in [0.15, 0.2) is 5.78 Å². The lowest BCUT2D eigenvalue weighted by atomic mass is 10.1. The largest absolute Gasteiger partial charge is 0.421 e. The lowest BCUT2D eigenvalue weighted by Crippen LogP contribution is -2.39. The van der Waals surface area contributed by atoms with Gasteiger partial charge in [-0.3, -0.25) is 14.4 Å². The first-order valence-corrected chi connectivity index (χ1v) is 13.0. The summed E-state index contributed by atoms with van der Waals surface area (Å²) in [6.07, 6.45) is 0.551. The number of ether oxygens (including phenoxy) is 1. The molecular formula is C25H37F3N8O2. The van der Waals surface area contributed by atoms with E-state index in [1.54, 1.807) is 0 Å². The van der Waals surface area contributed by atoms with Gasteiger partial charge in [-0.1, -0.05) is 0 Å². The number of Topliss-reactive ketones (excluding diaryl/α,β-unsaturated/α-hetero) is 1. The third-order valence-electron chi connectivity index (χ3n) is 6.89. The maximum Gasteiger partial charge on any atom is 0.421 e. The van der Waals surface area contributed by atoms with Crippen molar-refractivity contribution in [1.29, 1.82) is 0 Å². The van der Waals surface area contributed by atoms with Crippen LogP contribution >= 0.6 is 0 Å². The van der Waals surface area contributed by atoms with Gasteiger partial charge in [0.25, 0.3) is 0 Å². The molecule has 10 nitrogen and oxygen atoms in total. The topological polar surface area (TPSA) is 100 Å². The van der Waals surface area contributed by atoms with E-state index in [0.29, 0.717) is 25.2 Å². The number of carbonyl (C=O) groups is 1. The summed E-state index contributed by atoms with van der Waals surface area (Å²) >= 11 is 0. The first-order chi connectivity index (χ1) is 17.9. The van der Waals surface area contributed by atoms with Gasteiger partial charge in [-0.25, -0.2) is 4.98 Å². The highest BCUT2D eigenvalue weighted by Gasteiger charge is 2.35. The van der Waals surface area contributed by atoms with Crippen LogP contribution in [0, 0.1) is 6.92 Å². The van der Waals surface area contributed by atoms with Crippen molar-refractivity contribution in [3.63, 3.8) is 0 Å². The molecule has 38 heavy (non-hydrogen) atoms. The number of ketones is 1. The fraction of sp³-hybridized carbons (Fsp3) is 0.680. The number of nitrogens with zero attached hydrogens (tertiary/aromatic N) is 6. The molecule has 0 saturated carbocycles. The van der Waals surface area contributed by atoms with Crippen molar-refractivity contribution in [2.75, 3.05) is 63.6 Å². The summed E-state index contributed by atoms with van der Waals surface area (Å²) in [5.74, 6) is -0.238. The minimum Gasteiger partial charge on any atom is -0.369 e. The number of aryl methyl sites for hydroxylation is 1. The van der Waals surface area contributed by atoms with Gasteiger partial charge < -0.3 is 20.3 Å². The SMILES string of the molecule is Cc1nn(C2CCN(C)CC2)cc1Nc1ncc(C(F)(F)F)c(NCCCN2CC(=O)COC(C)(C)C2)n1. The second-order valence-electron chi connectivity index (χ2n) is 10.8. The van der Waals surface area contributed by atoms with Gasteiger partial charge in [-0.05, 0) is 60.2 Å². The summed E-state index contributed by atoms with van der Waals surface area (Å²) < 4.78 is 48.5. The van der Waals surface area contributed by atoms with Crippen LogP contribution in [0.1, 0.15) is 50.4 Å². The minimum atomic E-state index is -4.60. The molecule has 210 valence electrons. The fourth-order valence-corrected chi connectivity index (χ4v) is 4.83. The number of hydrogen-bond acceptors (Lipinski definition) is 9. The molecule has 0 aromatic carbocycles.